The number of para-hydroxylation sites is 1. The average molecular weight is 459 g/mol. The highest BCUT2D eigenvalue weighted by atomic mass is 16.5. The number of aromatic nitrogens is 2. The number of pyridine rings is 1. The van der Waals surface area contributed by atoms with Gasteiger partial charge in [0.2, 0.25) is 5.91 Å². The van der Waals surface area contributed by atoms with Crippen LogP contribution < -0.4 is 20.1 Å². The number of aryl methyl sites for hydroxylation is 1. The molecule has 3 N–H and O–H groups in total. The number of carbonyl (C=O) groups is 2. The van der Waals surface area contributed by atoms with Crippen LogP contribution in [-0.2, 0) is 4.79 Å². The molecule has 0 unspecified atom stereocenters. The number of fused-ring (bicyclic) bond motifs is 1. The van der Waals surface area contributed by atoms with Crippen molar-refractivity contribution in [3.05, 3.63) is 71.4 Å². The van der Waals surface area contributed by atoms with Gasteiger partial charge in [0.1, 0.15) is 23.0 Å². The third-order valence-electron chi connectivity index (χ3n) is 5.52. The first kappa shape index (κ1) is 22.8. The van der Waals surface area contributed by atoms with Crippen molar-refractivity contribution in [1.82, 2.24) is 9.97 Å². The molecule has 0 aliphatic carbocycles. The number of hydrogen-bond donors (Lipinski definition) is 3. The first-order valence-electron chi connectivity index (χ1n) is 10.9. The van der Waals surface area contributed by atoms with Gasteiger partial charge in [-0.2, -0.15) is 0 Å². The lowest BCUT2D eigenvalue weighted by atomic mass is 10.0. The zero-order valence-corrected chi connectivity index (χ0v) is 19.5. The van der Waals surface area contributed by atoms with Crippen LogP contribution in [0.5, 0.6) is 11.5 Å². The summed E-state index contributed by atoms with van der Waals surface area (Å²) in [5.41, 5.74) is 3.93. The highest BCUT2D eigenvalue weighted by Gasteiger charge is 2.18. The molecule has 0 radical (unpaired) electrons. The maximum atomic E-state index is 13.2. The predicted octanol–water partition coefficient (Wildman–Crippen LogP) is 5.21. The minimum atomic E-state index is -0.172. The molecule has 4 rings (SSSR count). The van der Waals surface area contributed by atoms with Crippen LogP contribution in [0.1, 0.15) is 34.8 Å². The van der Waals surface area contributed by atoms with Gasteiger partial charge in [-0.1, -0.05) is 19.1 Å². The zero-order valence-electron chi connectivity index (χ0n) is 19.5. The SMILES string of the molecule is CCC(=O)Nc1cccc(C)c1Nc1ccc2c(C(=O)c3cc(OC)cc(OC)c3)c[nH]c2n1. The van der Waals surface area contributed by atoms with Gasteiger partial charge in [0.05, 0.1) is 25.6 Å². The fraction of sp³-hybridized carbons (Fsp3) is 0.192. The van der Waals surface area contributed by atoms with Crippen molar-refractivity contribution in [1.29, 1.82) is 0 Å². The lowest BCUT2D eigenvalue weighted by Crippen LogP contribution is -2.11. The van der Waals surface area contributed by atoms with E-state index in [1.807, 2.05) is 31.2 Å². The molecule has 0 saturated heterocycles. The Morgan fingerprint density at radius 3 is 2.44 bits per heavy atom. The summed E-state index contributed by atoms with van der Waals surface area (Å²) in [5, 5.41) is 6.91. The van der Waals surface area contributed by atoms with E-state index in [1.165, 1.54) is 0 Å². The van der Waals surface area contributed by atoms with Crippen molar-refractivity contribution in [2.45, 2.75) is 20.3 Å². The summed E-state index contributed by atoms with van der Waals surface area (Å²) in [4.78, 5) is 32.9. The molecule has 34 heavy (non-hydrogen) atoms. The minimum Gasteiger partial charge on any atom is -0.497 e. The third kappa shape index (κ3) is 4.56. The number of hydrogen-bond acceptors (Lipinski definition) is 6. The quantitative estimate of drug-likeness (QED) is 0.313. The molecule has 2 aromatic heterocycles. The Balaban J connectivity index is 1.65. The smallest absolute Gasteiger partial charge is 0.224 e. The van der Waals surface area contributed by atoms with E-state index in [1.54, 1.807) is 51.6 Å². The van der Waals surface area contributed by atoms with Crippen molar-refractivity contribution in [2.24, 2.45) is 0 Å². The molecule has 174 valence electrons. The van der Waals surface area contributed by atoms with Gasteiger partial charge in [0, 0.05) is 35.2 Å². The monoisotopic (exact) mass is 458 g/mol. The van der Waals surface area contributed by atoms with Crippen LogP contribution in [0.2, 0.25) is 0 Å². The second-order valence-electron chi connectivity index (χ2n) is 7.75. The summed E-state index contributed by atoms with van der Waals surface area (Å²) in [5.74, 6) is 1.42. The van der Waals surface area contributed by atoms with E-state index >= 15 is 0 Å². The van der Waals surface area contributed by atoms with Crippen molar-refractivity contribution in [3.63, 3.8) is 0 Å². The summed E-state index contributed by atoms with van der Waals surface area (Å²) in [6, 6.07) is 14.4. The molecule has 0 aliphatic heterocycles. The molecular weight excluding hydrogens is 432 g/mol. The molecule has 8 nitrogen and oxygen atoms in total. The van der Waals surface area contributed by atoms with E-state index in [0.717, 1.165) is 11.3 Å². The van der Waals surface area contributed by atoms with Crippen molar-refractivity contribution in [2.75, 3.05) is 24.9 Å². The molecule has 1 amide bonds. The molecule has 4 aromatic rings. The van der Waals surface area contributed by atoms with Crippen LogP contribution in [0, 0.1) is 6.92 Å². The van der Waals surface area contributed by atoms with Gasteiger partial charge in [-0.25, -0.2) is 4.98 Å². The van der Waals surface area contributed by atoms with Crippen molar-refractivity contribution < 1.29 is 19.1 Å². The average Bonchev–Trinajstić information content (AvgIpc) is 3.28. The van der Waals surface area contributed by atoms with Gasteiger partial charge < -0.3 is 25.1 Å². The lowest BCUT2D eigenvalue weighted by molar-refractivity contribution is -0.115. The van der Waals surface area contributed by atoms with E-state index in [0.29, 0.717) is 51.6 Å². The fourth-order valence-corrected chi connectivity index (χ4v) is 3.66. The fourth-order valence-electron chi connectivity index (χ4n) is 3.66. The Morgan fingerprint density at radius 1 is 1.03 bits per heavy atom. The van der Waals surface area contributed by atoms with E-state index in [-0.39, 0.29) is 11.7 Å². The largest absolute Gasteiger partial charge is 0.497 e. The third-order valence-corrected chi connectivity index (χ3v) is 5.52. The number of ketones is 1. The second-order valence-corrected chi connectivity index (χ2v) is 7.75. The number of H-pyrrole nitrogens is 1. The Morgan fingerprint density at radius 2 is 1.76 bits per heavy atom. The van der Waals surface area contributed by atoms with Crippen LogP contribution >= 0.6 is 0 Å². The number of anilines is 3. The van der Waals surface area contributed by atoms with Crippen molar-refractivity contribution in [3.8, 4) is 11.5 Å². The first-order valence-corrected chi connectivity index (χ1v) is 10.9. The van der Waals surface area contributed by atoms with E-state index in [9.17, 15) is 9.59 Å². The molecule has 0 aliphatic rings. The number of nitrogens with zero attached hydrogens (tertiary/aromatic N) is 1. The highest BCUT2D eigenvalue weighted by molar-refractivity contribution is 6.16. The molecule has 0 atom stereocenters. The summed E-state index contributed by atoms with van der Waals surface area (Å²) < 4.78 is 10.6. The molecule has 0 saturated carbocycles. The van der Waals surface area contributed by atoms with Gasteiger partial charge >= 0.3 is 0 Å². The first-order chi connectivity index (χ1) is 16.4. The van der Waals surface area contributed by atoms with E-state index < -0.39 is 0 Å². The number of amides is 1. The molecule has 0 fully saturated rings. The van der Waals surface area contributed by atoms with Crippen LogP contribution in [0.25, 0.3) is 11.0 Å². The second kappa shape index (κ2) is 9.66. The summed E-state index contributed by atoms with van der Waals surface area (Å²) in [7, 11) is 3.08. The standard InChI is InChI=1S/C26H26N4O4/c1-5-23(31)28-21-8-6-7-15(2)24(21)29-22-10-9-19-20(14-27-26(19)30-22)25(32)16-11-17(33-3)13-18(12-16)34-4/h6-14H,5H2,1-4H3,(H,28,31)(H2,27,29,30). The maximum Gasteiger partial charge on any atom is 0.224 e. The Kier molecular flexibility index (Phi) is 6.49. The van der Waals surface area contributed by atoms with Crippen molar-refractivity contribution >= 4 is 39.9 Å². The van der Waals surface area contributed by atoms with Crippen LogP contribution in [-0.4, -0.2) is 35.9 Å². The molecular formula is C26H26N4O4. The maximum absolute atomic E-state index is 13.2. The van der Waals surface area contributed by atoms with Crippen LogP contribution in [0.3, 0.4) is 0 Å². The van der Waals surface area contributed by atoms with Gasteiger partial charge in [0.25, 0.3) is 0 Å². The number of ether oxygens (including phenoxy) is 2. The number of carbonyl (C=O) groups excluding carboxylic acids is 2. The molecule has 0 bridgehead atoms. The zero-order chi connectivity index (χ0) is 24.2. The van der Waals surface area contributed by atoms with Crippen LogP contribution in [0.4, 0.5) is 17.2 Å². The summed E-state index contributed by atoms with van der Waals surface area (Å²) in [6.45, 7) is 3.76. The number of methoxy groups -OCH3 is 2. The van der Waals surface area contributed by atoms with Crippen LogP contribution in [0.15, 0.2) is 54.7 Å². The predicted molar refractivity (Wildman–Crippen MR) is 132 cm³/mol. The number of rotatable bonds is 8. The molecule has 2 heterocycles. The van der Waals surface area contributed by atoms with Gasteiger partial charge in [-0.3, -0.25) is 9.59 Å². The Hall–Kier alpha value is -4.33. The normalized spacial score (nSPS) is 10.7. The topological polar surface area (TPSA) is 105 Å². The van der Waals surface area contributed by atoms with Gasteiger partial charge in [-0.15, -0.1) is 0 Å². The highest BCUT2D eigenvalue weighted by Crippen LogP contribution is 2.31. The Labute approximate surface area is 197 Å². The van der Waals surface area contributed by atoms with Gasteiger partial charge in [-0.05, 0) is 42.8 Å². The van der Waals surface area contributed by atoms with E-state index in [2.05, 4.69) is 20.6 Å². The minimum absolute atomic E-state index is 0.0706. The number of nitrogens with one attached hydrogen (secondary N) is 3. The molecule has 2 aromatic carbocycles. The van der Waals surface area contributed by atoms with Gasteiger partial charge in [0.15, 0.2) is 5.78 Å². The molecule has 0 spiro atoms. The summed E-state index contributed by atoms with van der Waals surface area (Å²) in [6.07, 6.45) is 2.03. The molecule has 8 heteroatoms. The number of aromatic amines is 1. The summed E-state index contributed by atoms with van der Waals surface area (Å²) >= 11 is 0. The van der Waals surface area contributed by atoms with E-state index in [4.69, 9.17) is 9.47 Å². The number of benzene rings is 2. The lowest BCUT2D eigenvalue weighted by Gasteiger charge is -2.15. The Bertz CT molecular complexity index is 1350.